The molecular weight excluding hydrogens is 250 g/mol. The summed E-state index contributed by atoms with van der Waals surface area (Å²) in [7, 11) is 0. The van der Waals surface area contributed by atoms with Gasteiger partial charge < -0.3 is 10.3 Å². The Kier molecular flexibility index (Phi) is 3.57. The maximum absolute atomic E-state index is 12.5. The Morgan fingerprint density at radius 3 is 2.75 bits per heavy atom. The first-order valence-corrected chi connectivity index (χ1v) is 7.40. The van der Waals surface area contributed by atoms with E-state index in [2.05, 4.69) is 29.1 Å². The van der Waals surface area contributed by atoms with E-state index in [9.17, 15) is 4.79 Å². The number of aromatic nitrogens is 2. The molecule has 4 nitrogen and oxygen atoms in total. The number of benzene rings is 1. The van der Waals surface area contributed by atoms with Gasteiger partial charge in [-0.1, -0.05) is 13.8 Å². The summed E-state index contributed by atoms with van der Waals surface area (Å²) in [5, 5.41) is 3.30. The highest BCUT2D eigenvalue weighted by Gasteiger charge is 2.22. The lowest BCUT2D eigenvalue weighted by molar-refractivity contribution is 0.0895. The second-order valence-corrected chi connectivity index (χ2v) is 5.90. The number of carbonyl (C=O) groups excluding carboxylic acids is 1. The Morgan fingerprint density at radius 2 is 2.05 bits per heavy atom. The van der Waals surface area contributed by atoms with E-state index < -0.39 is 0 Å². The Bertz CT molecular complexity index is 624. The largest absolute Gasteiger partial charge is 0.342 e. The molecule has 0 bridgehead atoms. The van der Waals surface area contributed by atoms with Crippen LogP contribution in [-0.4, -0.2) is 28.8 Å². The van der Waals surface area contributed by atoms with Crippen LogP contribution in [0.2, 0.25) is 0 Å². The fourth-order valence-electron chi connectivity index (χ4n) is 2.78. The molecule has 1 aliphatic rings. The van der Waals surface area contributed by atoms with Crippen molar-refractivity contribution in [2.45, 2.75) is 32.6 Å². The molecule has 20 heavy (non-hydrogen) atoms. The van der Waals surface area contributed by atoms with Crippen LogP contribution in [0.1, 0.15) is 48.8 Å². The molecule has 1 aromatic carbocycles. The van der Waals surface area contributed by atoms with Gasteiger partial charge in [0.15, 0.2) is 5.78 Å². The number of Topliss-reactive ketones (excluding diaryl/α,β-unsaturated/α-hetero) is 1. The van der Waals surface area contributed by atoms with Crippen LogP contribution in [0.3, 0.4) is 0 Å². The Balaban J connectivity index is 1.89. The number of hydrogen-bond donors (Lipinski definition) is 2. The van der Waals surface area contributed by atoms with Crippen LogP contribution >= 0.6 is 0 Å². The molecule has 1 saturated heterocycles. The molecule has 3 rings (SSSR count). The summed E-state index contributed by atoms with van der Waals surface area (Å²) in [5.41, 5.74) is 2.72. The van der Waals surface area contributed by atoms with E-state index in [0.717, 1.165) is 48.4 Å². The van der Waals surface area contributed by atoms with E-state index in [-0.39, 0.29) is 11.7 Å². The van der Waals surface area contributed by atoms with Crippen molar-refractivity contribution < 1.29 is 4.79 Å². The molecule has 2 N–H and O–H groups in total. The normalized spacial score (nSPS) is 16.9. The van der Waals surface area contributed by atoms with E-state index in [1.165, 1.54) is 0 Å². The molecule has 0 amide bonds. The third-order valence-corrected chi connectivity index (χ3v) is 4.04. The highest BCUT2D eigenvalue weighted by atomic mass is 16.1. The number of nitrogens with zero attached hydrogens (tertiary/aromatic N) is 1. The van der Waals surface area contributed by atoms with Gasteiger partial charge in [-0.05, 0) is 44.1 Å². The average molecular weight is 271 g/mol. The molecule has 2 aromatic rings. The first-order valence-electron chi connectivity index (χ1n) is 7.40. The monoisotopic (exact) mass is 271 g/mol. The standard InChI is InChI=1S/C16H21N3O/c1-10(2)16-18-13-4-3-12(9-14(13)19-16)15(20)11-5-7-17-8-6-11/h3-4,9-11,17H,5-8H2,1-2H3,(H,18,19). The summed E-state index contributed by atoms with van der Waals surface area (Å²) < 4.78 is 0. The van der Waals surface area contributed by atoms with E-state index in [0.29, 0.717) is 5.92 Å². The Labute approximate surface area is 119 Å². The highest BCUT2D eigenvalue weighted by molar-refractivity contribution is 6.00. The highest BCUT2D eigenvalue weighted by Crippen LogP contribution is 2.22. The third-order valence-electron chi connectivity index (χ3n) is 4.04. The summed E-state index contributed by atoms with van der Waals surface area (Å²) in [6.45, 7) is 6.11. The Morgan fingerprint density at radius 1 is 1.30 bits per heavy atom. The van der Waals surface area contributed by atoms with Crippen LogP contribution in [0.5, 0.6) is 0 Å². The van der Waals surface area contributed by atoms with Gasteiger partial charge in [-0.2, -0.15) is 0 Å². The summed E-state index contributed by atoms with van der Waals surface area (Å²) in [5.74, 6) is 1.78. The van der Waals surface area contributed by atoms with E-state index in [1.54, 1.807) is 0 Å². The van der Waals surface area contributed by atoms with E-state index in [4.69, 9.17) is 0 Å². The van der Waals surface area contributed by atoms with E-state index >= 15 is 0 Å². The van der Waals surface area contributed by atoms with Crippen LogP contribution in [-0.2, 0) is 0 Å². The van der Waals surface area contributed by atoms with Crippen molar-refractivity contribution in [3.63, 3.8) is 0 Å². The van der Waals surface area contributed by atoms with Crippen molar-refractivity contribution in [2.24, 2.45) is 5.92 Å². The number of H-pyrrole nitrogens is 1. The maximum Gasteiger partial charge on any atom is 0.166 e. The van der Waals surface area contributed by atoms with Gasteiger partial charge in [0.2, 0.25) is 0 Å². The van der Waals surface area contributed by atoms with Crippen molar-refractivity contribution >= 4 is 16.8 Å². The molecule has 0 aliphatic carbocycles. The lowest BCUT2D eigenvalue weighted by Crippen LogP contribution is -2.31. The smallest absolute Gasteiger partial charge is 0.166 e. The summed E-state index contributed by atoms with van der Waals surface area (Å²) >= 11 is 0. The number of hydrogen-bond acceptors (Lipinski definition) is 3. The van der Waals surface area contributed by atoms with Gasteiger partial charge in [0, 0.05) is 17.4 Å². The number of aromatic amines is 1. The summed E-state index contributed by atoms with van der Waals surface area (Å²) in [4.78, 5) is 20.4. The molecule has 1 aliphatic heterocycles. The third kappa shape index (κ3) is 2.48. The topological polar surface area (TPSA) is 57.8 Å². The SMILES string of the molecule is CC(C)c1nc2ccc(C(=O)C3CCNCC3)cc2[nH]1. The van der Waals surface area contributed by atoms with Gasteiger partial charge in [-0.25, -0.2) is 4.98 Å². The predicted molar refractivity (Wildman–Crippen MR) is 80.1 cm³/mol. The number of rotatable bonds is 3. The van der Waals surface area contributed by atoms with Crippen LogP contribution in [0.25, 0.3) is 11.0 Å². The number of piperidine rings is 1. The lowest BCUT2D eigenvalue weighted by atomic mass is 9.89. The quantitative estimate of drug-likeness (QED) is 0.844. The number of fused-ring (bicyclic) bond motifs is 1. The van der Waals surface area contributed by atoms with Gasteiger partial charge in [-0.3, -0.25) is 4.79 Å². The minimum Gasteiger partial charge on any atom is -0.342 e. The van der Waals surface area contributed by atoms with Crippen LogP contribution < -0.4 is 5.32 Å². The second-order valence-electron chi connectivity index (χ2n) is 5.90. The zero-order valence-electron chi connectivity index (χ0n) is 12.1. The van der Waals surface area contributed by atoms with Crippen molar-refractivity contribution in [1.29, 1.82) is 0 Å². The first kappa shape index (κ1) is 13.3. The summed E-state index contributed by atoms with van der Waals surface area (Å²) in [6.07, 6.45) is 1.88. The zero-order chi connectivity index (χ0) is 14.1. The van der Waals surface area contributed by atoms with Crippen LogP contribution in [0.4, 0.5) is 0 Å². The lowest BCUT2D eigenvalue weighted by Gasteiger charge is -2.21. The molecule has 4 heteroatoms. The minimum absolute atomic E-state index is 0.168. The number of nitrogens with one attached hydrogen (secondary N) is 2. The molecule has 106 valence electrons. The van der Waals surface area contributed by atoms with Crippen molar-refractivity contribution in [2.75, 3.05) is 13.1 Å². The van der Waals surface area contributed by atoms with Crippen LogP contribution in [0, 0.1) is 5.92 Å². The number of carbonyl (C=O) groups is 1. The van der Waals surface area contributed by atoms with Crippen molar-refractivity contribution in [1.82, 2.24) is 15.3 Å². The summed E-state index contributed by atoms with van der Waals surface area (Å²) in [6, 6.07) is 5.82. The minimum atomic E-state index is 0.168. The molecule has 0 radical (unpaired) electrons. The van der Waals surface area contributed by atoms with Gasteiger partial charge >= 0.3 is 0 Å². The number of imidazole rings is 1. The molecule has 0 atom stereocenters. The van der Waals surface area contributed by atoms with Gasteiger partial charge in [0.1, 0.15) is 5.82 Å². The van der Waals surface area contributed by atoms with Gasteiger partial charge in [0.05, 0.1) is 11.0 Å². The second kappa shape index (κ2) is 5.37. The van der Waals surface area contributed by atoms with Gasteiger partial charge in [-0.15, -0.1) is 0 Å². The predicted octanol–water partition coefficient (Wildman–Crippen LogP) is 2.87. The fourth-order valence-corrected chi connectivity index (χ4v) is 2.78. The molecule has 0 spiro atoms. The maximum atomic E-state index is 12.5. The van der Waals surface area contributed by atoms with E-state index in [1.807, 2.05) is 18.2 Å². The zero-order valence-corrected chi connectivity index (χ0v) is 12.1. The molecule has 1 aromatic heterocycles. The molecular formula is C16H21N3O. The molecule has 0 saturated carbocycles. The Hall–Kier alpha value is -1.68. The number of ketones is 1. The van der Waals surface area contributed by atoms with Crippen molar-refractivity contribution in [3.05, 3.63) is 29.6 Å². The average Bonchev–Trinajstić information content (AvgIpc) is 2.90. The molecule has 2 heterocycles. The fraction of sp³-hybridized carbons (Fsp3) is 0.500. The first-order chi connectivity index (χ1) is 9.65. The molecule has 1 fully saturated rings. The van der Waals surface area contributed by atoms with Crippen LogP contribution in [0.15, 0.2) is 18.2 Å². The van der Waals surface area contributed by atoms with Crippen molar-refractivity contribution in [3.8, 4) is 0 Å². The van der Waals surface area contributed by atoms with Gasteiger partial charge in [0.25, 0.3) is 0 Å². The molecule has 0 unspecified atom stereocenters.